The van der Waals surface area contributed by atoms with Crippen LogP contribution in [0.4, 0.5) is 5.82 Å². The zero-order valence-electron chi connectivity index (χ0n) is 7.83. The summed E-state index contributed by atoms with van der Waals surface area (Å²) in [6.07, 6.45) is 7.98. The van der Waals surface area contributed by atoms with Crippen LogP contribution in [0.1, 0.15) is 0 Å². The number of rotatable bonds is 4. The van der Waals surface area contributed by atoms with Crippen LogP contribution < -0.4 is 10.6 Å². The summed E-state index contributed by atoms with van der Waals surface area (Å²) in [5, 5.41) is 5.32. The third kappa shape index (κ3) is 4.54. The third-order valence-electron chi connectivity index (χ3n) is 1.40. The van der Waals surface area contributed by atoms with Crippen molar-refractivity contribution in [1.29, 1.82) is 0 Å². The van der Waals surface area contributed by atoms with E-state index in [0.29, 0.717) is 17.0 Å². The molecule has 6 heteroatoms. The van der Waals surface area contributed by atoms with Gasteiger partial charge in [0.15, 0.2) is 5.82 Å². The second-order valence-corrected chi connectivity index (χ2v) is 3.39. The summed E-state index contributed by atoms with van der Waals surface area (Å²) in [5.41, 5.74) is 0. The second-order valence-electron chi connectivity index (χ2n) is 2.58. The molecule has 0 fully saturated rings. The molecular formula is C9H9BrN4O. The predicted molar refractivity (Wildman–Crippen MR) is 60.1 cm³/mol. The van der Waals surface area contributed by atoms with Gasteiger partial charge in [0.05, 0.1) is 25.5 Å². The average molecular weight is 269 g/mol. The number of hydrogen-bond acceptors (Lipinski definition) is 4. The van der Waals surface area contributed by atoms with Crippen molar-refractivity contribution in [3.05, 3.63) is 17.0 Å². The Bertz CT molecular complexity index is 371. The van der Waals surface area contributed by atoms with E-state index in [0.717, 1.165) is 0 Å². The third-order valence-corrected chi connectivity index (χ3v) is 1.81. The molecule has 1 heterocycles. The maximum Gasteiger partial charge on any atom is 0.239 e. The van der Waals surface area contributed by atoms with Crippen molar-refractivity contribution in [3.8, 4) is 12.3 Å². The van der Waals surface area contributed by atoms with E-state index in [-0.39, 0.29) is 12.5 Å². The van der Waals surface area contributed by atoms with E-state index in [1.54, 1.807) is 0 Å². The molecule has 0 spiro atoms. The number of terminal acetylenes is 1. The summed E-state index contributed by atoms with van der Waals surface area (Å²) in [4.78, 5) is 19.1. The molecule has 0 aliphatic carbocycles. The normalized spacial score (nSPS) is 9.33. The van der Waals surface area contributed by atoms with Gasteiger partial charge in [-0.05, 0) is 15.9 Å². The Hall–Kier alpha value is -1.45. The monoisotopic (exact) mass is 268 g/mol. The lowest BCUT2D eigenvalue weighted by atomic mass is 10.5. The van der Waals surface area contributed by atoms with Gasteiger partial charge in [0, 0.05) is 0 Å². The summed E-state index contributed by atoms with van der Waals surface area (Å²) in [5.74, 6) is 2.57. The van der Waals surface area contributed by atoms with E-state index in [2.05, 4.69) is 42.5 Å². The highest BCUT2D eigenvalue weighted by Crippen LogP contribution is 2.05. The van der Waals surface area contributed by atoms with Gasteiger partial charge in [0.2, 0.25) is 5.91 Å². The molecule has 0 unspecified atom stereocenters. The van der Waals surface area contributed by atoms with E-state index >= 15 is 0 Å². The number of hydrogen-bond donors (Lipinski definition) is 2. The van der Waals surface area contributed by atoms with E-state index in [1.807, 2.05) is 0 Å². The fourth-order valence-electron chi connectivity index (χ4n) is 0.812. The maximum atomic E-state index is 11.3. The van der Waals surface area contributed by atoms with Crippen molar-refractivity contribution < 1.29 is 4.79 Å². The number of carbonyl (C=O) groups excluding carboxylic acids is 1. The fourth-order valence-corrected chi connectivity index (χ4v) is 1.02. The van der Waals surface area contributed by atoms with Gasteiger partial charge in [0.25, 0.3) is 0 Å². The molecule has 15 heavy (non-hydrogen) atoms. The molecule has 0 aliphatic rings. The lowest BCUT2D eigenvalue weighted by molar-refractivity contribution is -0.115. The SMILES string of the molecule is C#CCNCC(=O)Nc1cnc(Br)cn1. The van der Waals surface area contributed by atoms with Gasteiger partial charge in [0.1, 0.15) is 4.60 Å². The standard InChI is InChI=1S/C9H9BrN4O/c1-2-3-11-6-9(15)14-8-5-12-7(10)4-13-8/h1,4-5,11H,3,6H2,(H,13,14,15). The summed E-state index contributed by atoms with van der Waals surface area (Å²) in [7, 11) is 0. The highest BCUT2D eigenvalue weighted by atomic mass is 79.9. The van der Waals surface area contributed by atoms with Crippen molar-refractivity contribution in [1.82, 2.24) is 15.3 Å². The predicted octanol–water partition coefficient (Wildman–Crippen LogP) is 0.400. The molecule has 1 aromatic heterocycles. The minimum Gasteiger partial charge on any atom is -0.308 e. The summed E-state index contributed by atoms with van der Waals surface area (Å²) >= 11 is 3.14. The van der Waals surface area contributed by atoms with Gasteiger partial charge < -0.3 is 5.32 Å². The van der Waals surface area contributed by atoms with E-state index < -0.39 is 0 Å². The molecule has 2 N–H and O–H groups in total. The van der Waals surface area contributed by atoms with Crippen LogP contribution >= 0.6 is 15.9 Å². The Morgan fingerprint density at radius 2 is 2.33 bits per heavy atom. The van der Waals surface area contributed by atoms with Crippen molar-refractivity contribution >= 4 is 27.7 Å². The Balaban J connectivity index is 2.38. The largest absolute Gasteiger partial charge is 0.308 e. The number of carbonyl (C=O) groups is 1. The number of amides is 1. The van der Waals surface area contributed by atoms with Crippen LogP contribution in [0.15, 0.2) is 17.0 Å². The smallest absolute Gasteiger partial charge is 0.239 e. The van der Waals surface area contributed by atoms with Gasteiger partial charge >= 0.3 is 0 Å². The van der Waals surface area contributed by atoms with Gasteiger partial charge in [-0.25, -0.2) is 9.97 Å². The first-order chi connectivity index (χ1) is 7.22. The number of nitrogens with zero attached hydrogens (tertiary/aromatic N) is 2. The molecule has 1 aromatic rings. The molecule has 0 bridgehead atoms. The second kappa shape index (κ2) is 6.11. The van der Waals surface area contributed by atoms with E-state index in [1.165, 1.54) is 12.4 Å². The lowest BCUT2D eigenvalue weighted by Gasteiger charge is -2.03. The number of halogens is 1. The van der Waals surface area contributed by atoms with E-state index in [4.69, 9.17) is 6.42 Å². The van der Waals surface area contributed by atoms with Crippen LogP contribution in [-0.4, -0.2) is 29.0 Å². The molecule has 78 valence electrons. The van der Waals surface area contributed by atoms with Crippen LogP contribution in [0, 0.1) is 12.3 Å². The number of anilines is 1. The van der Waals surface area contributed by atoms with Crippen molar-refractivity contribution in [3.63, 3.8) is 0 Å². The lowest BCUT2D eigenvalue weighted by Crippen LogP contribution is -2.28. The van der Waals surface area contributed by atoms with Crippen LogP contribution in [0.3, 0.4) is 0 Å². The van der Waals surface area contributed by atoms with Crippen molar-refractivity contribution in [2.45, 2.75) is 0 Å². The molecule has 0 aromatic carbocycles. The molecule has 1 amide bonds. The highest BCUT2D eigenvalue weighted by Gasteiger charge is 2.01. The highest BCUT2D eigenvalue weighted by molar-refractivity contribution is 9.10. The average Bonchev–Trinajstić information content (AvgIpc) is 2.22. The first kappa shape index (κ1) is 11.6. The molecule has 0 aliphatic heterocycles. The molecule has 0 radical (unpaired) electrons. The Kier molecular flexibility index (Phi) is 4.74. The fraction of sp³-hybridized carbons (Fsp3) is 0.222. The first-order valence-electron chi connectivity index (χ1n) is 4.14. The van der Waals surface area contributed by atoms with Crippen LogP contribution in [-0.2, 0) is 4.79 Å². The first-order valence-corrected chi connectivity index (χ1v) is 4.93. The van der Waals surface area contributed by atoms with Gasteiger partial charge in [-0.15, -0.1) is 6.42 Å². The Morgan fingerprint density at radius 3 is 2.93 bits per heavy atom. The van der Waals surface area contributed by atoms with Crippen LogP contribution in [0.2, 0.25) is 0 Å². The van der Waals surface area contributed by atoms with Gasteiger partial charge in [-0.2, -0.15) is 0 Å². The number of aromatic nitrogens is 2. The van der Waals surface area contributed by atoms with Crippen molar-refractivity contribution in [2.24, 2.45) is 0 Å². The molecule has 0 atom stereocenters. The topological polar surface area (TPSA) is 66.9 Å². The minimum atomic E-state index is -0.207. The van der Waals surface area contributed by atoms with Gasteiger partial charge in [-0.1, -0.05) is 5.92 Å². The quantitative estimate of drug-likeness (QED) is 0.613. The number of nitrogens with one attached hydrogen (secondary N) is 2. The summed E-state index contributed by atoms with van der Waals surface area (Å²) < 4.78 is 0.617. The Labute approximate surface area is 95.8 Å². The van der Waals surface area contributed by atoms with E-state index in [9.17, 15) is 4.79 Å². The molecule has 0 saturated heterocycles. The summed E-state index contributed by atoms with van der Waals surface area (Å²) in [6, 6.07) is 0. The molecule has 1 rings (SSSR count). The minimum absolute atomic E-state index is 0.155. The molecule has 5 nitrogen and oxygen atoms in total. The van der Waals surface area contributed by atoms with Crippen molar-refractivity contribution in [2.75, 3.05) is 18.4 Å². The zero-order valence-corrected chi connectivity index (χ0v) is 9.41. The maximum absolute atomic E-state index is 11.3. The molecular weight excluding hydrogens is 260 g/mol. The van der Waals surface area contributed by atoms with Gasteiger partial charge in [-0.3, -0.25) is 10.1 Å². The Morgan fingerprint density at radius 1 is 1.53 bits per heavy atom. The zero-order chi connectivity index (χ0) is 11.1. The molecule has 0 saturated carbocycles. The van der Waals surface area contributed by atoms with Crippen LogP contribution in [0.25, 0.3) is 0 Å². The summed E-state index contributed by atoms with van der Waals surface area (Å²) in [6.45, 7) is 0.515. The van der Waals surface area contributed by atoms with Crippen LogP contribution in [0.5, 0.6) is 0 Å².